The summed E-state index contributed by atoms with van der Waals surface area (Å²) in [5.74, 6) is 1.59. The van der Waals surface area contributed by atoms with E-state index in [-0.39, 0.29) is 0 Å². The van der Waals surface area contributed by atoms with Gasteiger partial charge >= 0.3 is 6.09 Å². The van der Waals surface area contributed by atoms with E-state index in [0.29, 0.717) is 12.3 Å². The Balaban J connectivity index is 1.67. The zero-order chi connectivity index (χ0) is 23.4. The van der Waals surface area contributed by atoms with Crippen molar-refractivity contribution in [2.45, 2.75) is 39.7 Å². The molecule has 0 unspecified atom stereocenters. The standard InChI is InChI=1S/C28H31N3O2/c1-5-6-11-27-29-25-17-16-23(33-28(32)30(3)4)18-26(25)31(27)19-21-12-14-22(15-13-21)24-10-8-7-9-20(24)2/h7-10,12-18H,5-6,11,19H2,1-4H3. The summed E-state index contributed by atoms with van der Waals surface area (Å²) < 4.78 is 7.75. The smallest absolute Gasteiger partial charge is 0.410 e. The van der Waals surface area contributed by atoms with Crippen molar-refractivity contribution >= 4 is 17.1 Å². The molecular weight excluding hydrogens is 410 g/mol. The van der Waals surface area contributed by atoms with Gasteiger partial charge in [-0.25, -0.2) is 9.78 Å². The van der Waals surface area contributed by atoms with Gasteiger partial charge in [0.2, 0.25) is 0 Å². The van der Waals surface area contributed by atoms with Gasteiger partial charge in [-0.1, -0.05) is 61.9 Å². The lowest BCUT2D eigenvalue weighted by molar-refractivity contribution is 0.172. The quantitative estimate of drug-likeness (QED) is 0.330. The first-order valence-electron chi connectivity index (χ1n) is 11.5. The van der Waals surface area contributed by atoms with Crippen LogP contribution in [0.5, 0.6) is 5.75 Å². The third-order valence-corrected chi connectivity index (χ3v) is 5.87. The predicted molar refractivity (Wildman–Crippen MR) is 134 cm³/mol. The zero-order valence-electron chi connectivity index (χ0n) is 19.8. The van der Waals surface area contributed by atoms with Gasteiger partial charge in [0.25, 0.3) is 0 Å². The average molecular weight is 442 g/mol. The van der Waals surface area contributed by atoms with Crippen LogP contribution in [-0.4, -0.2) is 34.6 Å². The lowest BCUT2D eigenvalue weighted by atomic mass is 9.99. The van der Waals surface area contributed by atoms with Crippen LogP contribution in [0.3, 0.4) is 0 Å². The van der Waals surface area contributed by atoms with Crippen LogP contribution in [0, 0.1) is 6.92 Å². The molecule has 1 aromatic heterocycles. The fraction of sp³-hybridized carbons (Fsp3) is 0.286. The van der Waals surface area contributed by atoms with Crippen molar-refractivity contribution in [1.82, 2.24) is 14.5 Å². The van der Waals surface area contributed by atoms with Crippen LogP contribution in [0.1, 0.15) is 36.7 Å². The maximum atomic E-state index is 12.0. The van der Waals surface area contributed by atoms with Gasteiger partial charge in [0.05, 0.1) is 11.0 Å². The van der Waals surface area contributed by atoms with Crippen molar-refractivity contribution in [3.8, 4) is 16.9 Å². The Bertz CT molecular complexity index is 1260. The lowest BCUT2D eigenvalue weighted by Crippen LogP contribution is -2.25. The summed E-state index contributed by atoms with van der Waals surface area (Å²) in [4.78, 5) is 18.3. The first kappa shape index (κ1) is 22.6. The molecule has 0 fully saturated rings. The molecule has 0 bridgehead atoms. The summed E-state index contributed by atoms with van der Waals surface area (Å²) in [6.45, 7) is 5.05. The number of benzene rings is 3. The van der Waals surface area contributed by atoms with E-state index < -0.39 is 6.09 Å². The SMILES string of the molecule is CCCCc1nc2ccc(OC(=O)N(C)C)cc2n1Cc1ccc(-c2ccccc2C)cc1. The number of aryl methyl sites for hydroxylation is 2. The molecule has 0 atom stereocenters. The fourth-order valence-corrected chi connectivity index (χ4v) is 3.98. The number of carbonyl (C=O) groups is 1. The van der Waals surface area contributed by atoms with Crippen LogP contribution < -0.4 is 4.74 Å². The molecule has 0 saturated heterocycles. The van der Waals surface area contributed by atoms with E-state index in [0.717, 1.165) is 36.1 Å². The molecule has 0 N–H and O–H groups in total. The minimum Gasteiger partial charge on any atom is -0.410 e. The van der Waals surface area contributed by atoms with Crippen molar-refractivity contribution in [2.24, 2.45) is 0 Å². The van der Waals surface area contributed by atoms with Gasteiger partial charge in [-0.15, -0.1) is 0 Å². The molecule has 0 aliphatic rings. The molecule has 0 aliphatic carbocycles. The van der Waals surface area contributed by atoms with Crippen LogP contribution in [0.25, 0.3) is 22.2 Å². The summed E-state index contributed by atoms with van der Waals surface area (Å²) in [5, 5.41) is 0. The molecule has 3 aromatic carbocycles. The zero-order valence-corrected chi connectivity index (χ0v) is 19.8. The number of unbranched alkanes of at least 4 members (excludes halogenated alkanes) is 1. The average Bonchev–Trinajstić information content (AvgIpc) is 3.15. The normalized spacial score (nSPS) is 11.0. The maximum absolute atomic E-state index is 12.0. The van der Waals surface area contributed by atoms with E-state index in [1.54, 1.807) is 14.1 Å². The number of carbonyl (C=O) groups excluding carboxylic acids is 1. The van der Waals surface area contributed by atoms with E-state index >= 15 is 0 Å². The lowest BCUT2D eigenvalue weighted by Gasteiger charge is -2.13. The summed E-state index contributed by atoms with van der Waals surface area (Å²) in [6, 6.07) is 22.9. The van der Waals surface area contributed by atoms with Crippen LogP contribution >= 0.6 is 0 Å². The Morgan fingerprint density at radius 3 is 2.48 bits per heavy atom. The molecule has 0 saturated carbocycles. The molecule has 33 heavy (non-hydrogen) atoms. The van der Waals surface area contributed by atoms with E-state index in [1.807, 2.05) is 18.2 Å². The van der Waals surface area contributed by atoms with Crippen LogP contribution in [0.15, 0.2) is 66.7 Å². The van der Waals surface area contributed by atoms with E-state index in [1.165, 1.54) is 27.2 Å². The van der Waals surface area contributed by atoms with E-state index in [9.17, 15) is 4.79 Å². The van der Waals surface area contributed by atoms with Gasteiger partial charge in [0.1, 0.15) is 11.6 Å². The minimum absolute atomic E-state index is 0.390. The number of nitrogens with zero attached hydrogens (tertiary/aromatic N) is 3. The monoisotopic (exact) mass is 441 g/mol. The van der Waals surface area contributed by atoms with Crippen molar-refractivity contribution in [3.05, 3.63) is 83.7 Å². The third kappa shape index (κ3) is 5.08. The van der Waals surface area contributed by atoms with Gasteiger partial charge in [-0.3, -0.25) is 0 Å². The highest BCUT2D eigenvalue weighted by Crippen LogP contribution is 2.27. The molecule has 4 rings (SSSR count). The largest absolute Gasteiger partial charge is 0.414 e. The van der Waals surface area contributed by atoms with Gasteiger partial charge in [-0.05, 0) is 47.7 Å². The molecule has 0 spiro atoms. The second-order valence-electron chi connectivity index (χ2n) is 8.64. The Kier molecular flexibility index (Phi) is 6.78. The Labute approximate surface area is 195 Å². The third-order valence-electron chi connectivity index (χ3n) is 5.87. The number of fused-ring (bicyclic) bond motifs is 1. The highest BCUT2D eigenvalue weighted by molar-refractivity contribution is 5.79. The number of hydrogen-bond acceptors (Lipinski definition) is 3. The second kappa shape index (κ2) is 9.90. The molecule has 5 nitrogen and oxygen atoms in total. The Hall–Kier alpha value is -3.60. The highest BCUT2D eigenvalue weighted by atomic mass is 16.6. The number of ether oxygens (including phenoxy) is 1. The van der Waals surface area contributed by atoms with E-state index in [4.69, 9.17) is 9.72 Å². The van der Waals surface area contributed by atoms with Crippen LogP contribution in [0.2, 0.25) is 0 Å². The molecule has 0 radical (unpaired) electrons. The van der Waals surface area contributed by atoms with Gasteiger partial charge in [0, 0.05) is 33.1 Å². The number of rotatable bonds is 7. The van der Waals surface area contributed by atoms with Crippen molar-refractivity contribution < 1.29 is 9.53 Å². The summed E-state index contributed by atoms with van der Waals surface area (Å²) >= 11 is 0. The molecule has 1 heterocycles. The number of imidazole rings is 1. The van der Waals surface area contributed by atoms with Gasteiger partial charge < -0.3 is 14.2 Å². The minimum atomic E-state index is -0.390. The number of amides is 1. The Morgan fingerprint density at radius 1 is 1.03 bits per heavy atom. The topological polar surface area (TPSA) is 47.4 Å². The molecular formula is C28H31N3O2. The summed E-state index contributed by atoms with van der Waals surface area (Å²) in [6.07, 6.45) is 2.72. The molecule has 4 aromatic rings. The fourth-order valence-electron chi connectivity index (χ4n) is 3.98. The summed E-state index contributed by atoms with van der Waals surface area (Å²) in [7, 11) is 3.35. The van der Waals surface area contributed by atoms with Crippen molar-refractivity contribution in [3.63, 3.8) is 0 Å². The van der Waals surface area contributed by atoms with Crippen LogP contribution in [-0.2, 0) is 13.0 Å². The first-order chi connectivity index (χ1) is 16.0. The predicted octanol–water partition coefficient (Wildman–Crippen LogP) is 6.46. The molecule has 0 aliphatic heterocycles. The van der Waals surface area contributed by atoms with Crippen molar-refractivity contribution in [1.29, 1.82) is 0 Å². The molecule has 1 amide bonds. The number of aromatic nitrogens is 2. The number of hydrogen-bond donors (Lipinski definition) is 0. The van der Waals surface area contributed by atoms with Crippen molar-refractivity contribution in [2.75, 3.05) is 14.1 Å². The maximum Gasteiger partial charge on any atom is 0.414 e. The second-order valence-corrected chi connectivity index (χ2v) is 8.64. The van der Waals surface area contributed by atoms with Gasteiger partial charge in [0.15, 0.2) is 0 Å². The highest BCUT2D eigenvalue weighted by Gasteiger charge is 2.14. The molecule has 170 valence electrons. The summed E-state index contributed by atoms with van der Waals surface area (Å²) in [5.41, 5.74) is 6.85. The Morgan fingerprint density at radius 2 is 1.79 bits per heavy atom. The van der Waals surface area contributed by atoms with E-state index in [2.05, 4.69) is 66.9 Å². The first-order valence-corrected chi connectivity index (χ1v) is 11.5. The van der Waals surface area contributed by atoms with Gasteiger partial charge in [-0.2, -0.15) is 0 Å². The van der Waals surface area contributed by atoms with Crippen LogP contribution in [0.4, 0.5) is 4.79 Å². The molecule has 5 heteroatoms.